The average Bonchev–Trinajstić information content (AvgIpc) is 2.49. The highest BCUT2D eigenvalue weighted by Crippen LogP contribution is 2.47. The molecular formula is C6H13N4O3PS. The lowest BCUT2D eigenvalue weighted by molar-refractivity contribution is 0.255. The maximum absolute atomic E-state index is 11.6. The van der Waals surface area contributed by atoms with Crippen molar-refractivity contribution in [2.75, 3.05) is 13.2 Å². The van der Waals surface area contributed by atoms with E-state index in [4.69, 9.17) is 20.9 Å². The van der Waals surface area contributed by atoms with Crippen LogP contribution in [0.4, 0.5) is 0 Å². The second-order valence-electron chi connectivity index (χ2n) is 2.58. The second-order valence-corrected chi connectivity index (χ2v) is 5.80. The van der Waals surface area contributed by atoms with Crippen LogP contribution >= 0.6 is 6.64 Å². The molecule has 15 heavy (non-hydrogen) atoms. The first kappa shape index (κ1) is 12.5. The van der Waals surface area contributed by atoms with Crippen LogP contribution in [0.25, 0.3) is 0 Å². The van der Waals surface area contributed by atoms with Gasteiger partial charge in [-0.25, -0.2) is 4.79 Å². The summed E-state index contributed by atoms with van der Waals surface area (Å²) in [4.78, 5) is 11.6. The third kappa shape index (κ3) is 2.52. The van der Waals surface area contributed by atoms with Crippen molar-refractivity contribution < 1.29 is 9.05 Å². The lowest BCUT2D eigenvalue weighted by Gasteiger charge is -2.18. The van der Waals surface area contributed by atoms with E-state index in [1.54, 1.807) is 13.8 Å². The van der Waals surface area contributed by atoms with Crippen molar-refractivity contribution >= 4 is 18.4 Å². The molecule has 7 nitrogen and oxygen atoms in total. The van der Waals surface area contributed by atoms with E-state index in [2.05, 4.69) is 10.4 Å². The molecule has 0 aliphatic carbocycles. The Hall–Kier alpha value is -0.560. The molecule has 1 heterocycles. The summed E-state index contributed by atoms with van der Waals surface area (Å²) in [6.45, 7) is 1.44. The summed E-state index contributed by atoms with van der Waals surface area (Å²) in [7, 11) is 1.49. The van der Waals surface area contributed by atoms with Gasteiger partial charge in [-0.05, 0) is 36.1 Å². The van der Waals surface area contributed by atoms with Crippen LogP contribution in [-0.4, -0.2) is 32.8 Å². The van der Waals surface area contributed by atoms with E-state index in [0.717, 1.165) is 9.13 Å². The Kier molecular flexibility index (Phi) is 4.15. The summed E-state index contributed by atoms with van der Waals surface area (Å²) in [5, 5.41) is 7.20. The van der Waals surface area contributed by atoms with Gasteiger partial charge in [0.1, 0.15) is 0 Å². The van der Waals surface area contributed by atoms with Crippen LogP contribution in [0.5, 0.6) is 0 Å². The zero-order chi connectivity index (χ0) is 11.5. The van der Waals surface area contributed by atoms with Gasteiger partial charge in [-0.2, -0.15) is 4.68 Å². The summed E-state index contributed by atoms with van der Waals surface area (Å²) < 4.78 is 12.7. The Labute approximate surface area is 92.2 Å². The van der Waals surface area contributed by atoms with Crippen molar-refractivity contribution in [1.29, 1.82) is 0 Å². The van der Waals surface area contributed by atoms with Crippen molar-refractivity contribution in [3.05, 3.63) is 10.5 Å². The van der Waals surface area contributed by atoms with Crippen LogP contribution in [0.1, 0.15) is 13.8 Å². The molecule has 1 aromatic heterocycles. The molecule has 0 bridgehead atoms. The molecule has 1 rings (SSSR count). The summed E-state index contributed by atoms with van der Waals surface area (Å²) in [6, 6.07) is 0. The lowest BCUT2D eigenvalue weighted by Crippen LogP contribution is -2.23. The fourth-order valence-electron chi connectivity index (χ4n) is 0.931. The molecule has 1 aromatic rings. The molecule has 0 saturated carbocycles. The zero-order valence-electron chi connectivity index (χ0n) is 8.78. The summed E-state index contributed by atoms with van der Waals surface area (Å²) in [5.41, 5.74) is -0.430. The van der Waals surface area contributed by atoms with Gasteiger partial charge in [0.25, 0.3) is 0 Å². The topological polar surface area (TPSA) is 71.2 Å². The van der Waals surface area contributed by atoms with Gasteiger partial charge in [0, 0.05) is 7.05 Å². The molecule has 0 spiro atoms. The first-order valence-corrected chi connectivity index (χ1v) is 7.03. The maximum Gasteiger partial charge on any atom is 0.371 e. The normalized spacial score (nSPS) is 11.9. The molecule has 0 N–H and O–H groups in total. The highest BCUT2D eigenvalue weighted by atomic mass is 32.5. The molecule has 0 aliphatic heterocycles. The van der Waals surface area contributed by atoms with Crippen LogP contribution in [0, 0.1) is 0 Å². The maximum atomic E-state index is 11.6. The van der Waals surface area contributed by atoms with E-state index in [-0.39, 0.29) is 0 Å². The zero-order valence-corrected chi connectivity index (χ0v) is 10.5. The number of aryl methyl sites for hydroxylation is 1. The smallest absolute Gasteiger partial charge is 0.313 e. The summed E-state index contributed by atoms with van der Waals surface area (Å²) in [5.74, 6) is 0. The van der Waals surface area contributed by atoms with Crippen molar-refractivity contribution in [2.24, 2.45) is 7.05 Å². The van der Waals surface area contributed by atoms with Gasteiger partial charge >= 0.3 is 12.3 Å². The predicted octanol–water partition coefficient (Wildman–Crippen LogP) is 0.122. The standard InChI is InChI=1S/C6H13N4O3PS/c1-4-12-14(15,13-5-2)10-6(11)9(3)7-8-10/h4-5H2,1-3H3. The molecule has 0 atom stereocenters. The van der Waals surface area contributed by atoms with Crippen LogP contribution in [0.2, 0.25) is 0 Å². The molecule has 0 amide bonds. The van der Waals surface area contributed by atoms with Crippen LogP contribution in [0.3, 0.4) is 0 Å². The number of rotatable bonds is 5. The van der Waals surface area contributed by atoms with Crippen LogP contribution in [0.15, 0.2) is 4.79 Å². The van der Waals surface area contributed by atoms with Gasteiger partial charge < -0.3 is 9.05 Å². The van der Waals surface area contributed by atoms with Crippen molar-refractivity contribution in [1.82, 2.24) is 19.6 Å². The van der Waals surface area contributed by atoms with Crippen molar-refractivity contribution in [3.8, 4) is 0 Å². The van der Waals surface area contributed by atoms with Gasteiger partial charge in [-0.1, -0.05) is 0 Å². The second kappa shape index (κ2) is 4.98. The van der Waals surface area contributed by atoms with Gasteiger partial charge in [0.05, 0.1) is 13.2 Å². The molecule has 0 unspecified atom stereocenters. The predicted molar refractivity (Wildman–Crippen MR) is 58.2 cm³/mol. The largest absolute Gasteiger partial charge is 0.371 e. The molecule has 0 fully saturated rings. The monoisotopic (exact) mass is 252 g/mol. The first-order chi connectivity index (χ1) is 7.05. The molecule has 86 valence electrons. The minimum atomic E-state index is -2.85. The van der Waals surface area contributed by atoms with E-state index in [1.807, 2.05) is 0 Å². The summed E-state index contributed by atoms with van der Waals surface area (Å²) in [6.07, 6.45) is 0. The molecule has 0 aliphatic rings. The molecule has 0 saturated heterocycles. The third-order valence-corrected chi connectivity index (χ3v) is 4.50. The Morgan fingerprint density at radius 3 is 2.20 bits per heavy atom. The first-order valence-electron chi connectivity index (χ1n) is 4.44. The highest BCUT2D eigenvalue weighted by Gasteiger charge is 2.25. The molecule has 0 radical (unpaired) electrons. The van der Waals surface area contributed by atoms with Gasteiger partial charge in [0.15, 0.2) is 0 Å². The van der Waals surface area contributed by atoms with Gasteiger partial charge in [-0.3, -0.25) is 0 Å². The highest BCUT2D eigenvalue weighted by molar-refractivity contribution is 8.09. The lowest BCUT2D eigenvalue weighted by atomic mass is 10.9. The fourth-order valence-corrected chi connectivity index (χ4v) is 3.29. The molecule has 9 heteroatoms. The summed E-state index contributed by atoms with van der Waals surface area (Å²) >= 11 is 5.18. The number of nitrogens with zero attached hydrogens (tertiary/aromatic N) is 4. The van der Waals surface area contributed by atoms with Crippen molar-refractivity contribution in [2.45, 2.75) is 13.8 Å². The average molecular weight is 252 g/mol. The fraction of sp³-hybridized carbons (Fsp3) is 0.833. The Balaban J connectivity index is 3.15. The van der Waals surface area contributed by atoms with E-state index >= 15 is 0 Å². The minimum absolute atomic E-state index is 0.361. The van der Waals surface area contributed by atoms with E-state index in [1.165, 1.54) is 7.05 Å². The number of hydrogen-bond acceptors (Lipinski definition) is 6. The Bertz CT molecular complexity index is 418. The van der Waals surface area contributed by atoms with Gasteiger partial charge in [0.2, 0.25) is 0 Å². The van der Waals surface area contributed by atoms with E-state index in [9.17, 15) is 4.79 Å². The number of tetrazole rings is 1. The van der Waals surface area contributed by atoms with Crippen LogP contribution < -0.4 is 5.69 Å². The Morgan fingerprint density at radius 2 is 1.87 bits per heavy atom. The molecule has 0 aromatic carbocycles. The van der Waals surface area contributed by atoms with Crippen molar-refractivity contribution in [3.63, 3.8) is 0 Å². The van der Waals surface area contributed by atoms with Gasteiger partial charge in [-0.15, -0.1) is 4.45 Å². The van der Waals surface area contributed by atoms with E-state index < -0.39 is 12.3 Å². The Morgan fingerprint density at radius 1 is 1.33 bits per heavy atom. The quantitative estimate of drug-likeness (QED) is 0.693. The van der Waals surface area contributed by atoms with E-state index in [0.29, 0.717) is 13.2 Å². The number of hydrogen-bond donors (Lipinski definition) is 0. The molecular weight excluding hydrogens is 239 g/mol. The van der Waals surface area contributed by atoms with Crippen LogP contribution in [-0.2, 0) is 27.9 Å². The SMILES string of the molecule is CCOP(=S)(OCC)n1nnn(C)c1=O. The number of aromatic nitrogens is 4. The third-order valence-electron chi connectivity index (χ3n) is 1.52. The minimum Gasteiger partial charge on any atom is -0.313 e.